The van der Waals surface area contributed by atoms with Crippen LogP contribution in [0.3, 0.4) is 0 Å². The maximum atomic E-state index is 11.9. The Morgan fingerprint density at radius 2 is 1.83 bits per heavy atom. The lowest BCUT2D eigenvalue weighted by atomic mass is 10.2. The SMILES string of the molecule is C[C@H](NC(=O)c1ccccc1)C(=O)N/N=C\c1ccc(O)cc1O. The normalized spacial score (nSPS) is 11.9. The average Bonchev–Trinajstić information content (AvgIpc) is 2.57. The van der Waals surface area contributed by atoms with E-state index in [1.165, 1.54) is 25.3 Å². The van der Waals surface area contributed by atoms with E-state index in [0.29, 0.717) is 11.1 Å². The molecule has 0 heterocycles. The van der Waals surface area contributed by atoms with E-state index in [2.05, 4.69) is 15.8 Å². The number of aromatic hydroxyl groups is 2. The number of nitrogens with one attached hydrogen (secondary N) is 2. The fourth-order valence-corrected chi connectivity index (χ4v) is 1.84. The molecule has 2 aromatic carbocycles. The van der Waals surface area contributed by atoms with Crippen molar-refractivity contribution in [3.05, 3.63) is 59.7 Å². The summed E-state index contributed by atoms with van der Waals surface area (Å²) < 4.78 is 0. The summed E-state index contributed by atoms with van der Waals surface area (Å²) in [4.78, 5) is 23.8. The van der Waals surface area contributed by atoms with E-state index in [-0.39, 0.29) is 17.4 Å². The van der Waals surface area contributed by atoms with Crippen molar-refractivity contribution in [1.29, 1.82) is 0 Å². The molecule has 0 fully saturated rings. The first-order valence-electron chi connectivity index (χ1n) is 7.18. The number of nitrogens with zero attached hydrogens (tertiary/aromatic N) is 1. The smallest absolute Gasteiger partial charge is 0.262 e. The number of carbonyl (C=O) groups is 2. The summed E-state index contributed by atoms with van der Waals surface area (Å²) in [6.45, 7) is 1.53. The molecule has 0 saturated heterocycles. The van der Waals surface area contributed by atoms with Gasteiger partial charge in [-0.15, -0.1) is 0 Å². The highest BCUT2D eigenvalue weighted by Crippen LogP contribution is 2.20. The summed E-state index contributed by atoms with van der Waals surface area (Å²) in [5.74, 6) is -1.11. The fraction of sp³-hybridized carbons (Fsp3) is 0.118. The minimum atomic E-state index is -0.789. The lowest BCUT2D eigenvalue weighted by Gasteiger charge is -2.12. The Hall–Kier alpha value is -3.35. The molecular weight excluding hydrogens is 310 g/mol. The summed E-state index contributed by atoms with van der Waals surface area (Å²) in [7, 11) is 0. The Bertz CT molecular complexity index is 760. The van der Waals surface area contributed by atoms with Gasteiger partial charge in [-0.25, -0.2) is 5.43 Å². The predicted molar refractivity (Wildman–Crippen MR) is 88.9 cm³/mol. The zero-order valence-electron chi connectivity index (χ0n) is 12.9. The van der Waals surface area contributed by atoms with Crippen LogP contribution in [0.4, 0.5) is 0 Å². The van der Waals surface area contributed by atoms with Crippen LogP contribution in [-0.4, -0.2) is 34.3 Å². The van der Waals surface area contributed by atoms with E-state index in [0.717, 1.165) is 6.07 Å². The van der Waals surface area contributed by atoms with Crippen molar-refractivity contribution in [3.8, 4) is 11.5 Å². The summed E-state index contributed by atoms with van der Waals surface area (Å²) >= 11 is 0. The molecule has 0 saturated carbocycles. The number of hydrogen-bond acceptors (Lipinski definition) is 5. The third-order valence-corrected chi connectivity index (χ3v) is 3.17. The number of rotatable bonds is 5. The van der Waals surface area contributed by atoms with Crippen LogP contribution in [-0.2, 0) is 4.79 Å². The van der Waals surface area contributed by atoms with Crippen molar-refractivity contribution in [2.75, 3.05) is 0 Å². The highest BCUT2D eigenvalue weighted by Gasteiger charge is 2.15. The van der Waals surface area contributed by atoms with Gasteiger partial charge in [0.25, 0.3) is 11.8 Å². The van der Waals surface area contributed by atoms with E-state index in [4.69, 9.17) is 0 Å². The third kappa shape index (κ3) is 4.57. The number of carbonyl (C=O) groups excluding carboxylic acids is 2. The second-order valence-electron chi connectivity index (χ2n) is 5.04. The van der Waals surface area contributed by atoms with Crippen molar-refractivity contribution in [3.63, 3.8) is 0 Å². The van der Waals surface area contributed by atoms with E-state index >= 15 is 0 Å². The van der Waals surface area contributed by atoms with E-state index in [1.807, 2.05) is 0 Å². The molecular formula is C17H17N3O4. The van der Waals surface area contributed by atoms with Gasteiger partial charge < -0.3 is 15.5 Å². The van der Waals surface area contributed by atoms with Crippen LogP contribution in [0.15, 0.2) is 53.6 Å². The first-order valence-corrected chi connectivity index (χ1v) is 7.18. The molecule has 7 nitrogen and oxygen atoms in total. The molecule has 2 amide bonds. The predicted octanol–water partition coefficient (Wildman–Crippen LogP) is 1.37. The highest BCUT2D eigenvalue weighted by atomic mass is 16.3. The van der Waals surface area contributed by atoms with Crippen LogP contribution in [0.25, 0.3) is 0 Å². The molecule has 2 aromatic rings. The van der Waals surface area contributed by atoms with E-state index in [9.17, 15) is 19.8 Å². The van der Waals surface area contributed by atoms with Crippen molar-refractivity contribution in [2.24, 2.45) is 5.10 Å². The van der Waals surface area contributed by atoms with Crippen molar-refractivity contribution < 1.29 is 19.8 Å². The molecule has 0 spiro atoms. The number of phenols is 2. The maximum Gasteiger partial charge on any atom is 0.262 e. The Balaban J connectivity index is 1.89. The van der Waals surface area contributed by atoms with Gasteiger partial charge >= 0.3 is 0 Å². The Morgan fingerprint density at radius 3 is 2.50 bits per heavy atom. The molecule has 2 rings (SSSR count). The Labute approximate surface area is 138 Å². The second kappa shape index (κ2) is 7.77. The van der Waals surface area contributed by atoms with Crippen molar-refractivity contribution in [2.45, 2.75) is 13.0 Å². The zero-order valence-corrected chi connectivity index (χ0v) is 12.9. The summed E-state index contributed by atoms with van der Waals surface area (Å²) in [6, 6.07) is 11.7. The number of hydrogen-bond donors (Lipinski definition) is 4. The average molecular weight is 327 g/mol. The van der Waals surface area contributed by atoms with Gasteiger partial charge in [0.2, 0.25) is 0 Å². The molecule has 0 aliphatic carbocycles. The van der Waals surface area contributed by atoms with Crippen LogP contribution in [0.5, 0.6) is 11.5 Å². The molecule has 7 heteroatoms. The summed E-state index contributed by atoms with van der Waals surface area (Å²) in [5, 5.41) is 25.0. The molecule has 1 atom stereocenters. The highest BCUT2D eigenvalue weighted by molar-refractivity contribution is 5.97. The number of benzene rings is 2. The topological polar surface area (TPSA) is 111 Å². The van der Waals surface area contributed by atoms with E-state index in [1.54, 1.807) is 30.3 Å². The van der Waals surface area contributed by atoms with Crippen LogP contribution >= 0.6 is 0 Å². The quantitative estimate of drug-likeness (QED) is 0.491. The lowest BCUT2D eigenvalue weighted by Crippen LogP contribution is -2.43. The van der Waals surface area contributed by atoms with Crippen molar-refractivity contribution >= 4 is 18.0 Å². The largest absolute Gasteiger partial charge is 0.508 e. The Morgan fingerprint density at radius 1 is 1.12 bits per heavy atom. The van der Waals surface area contributed by atoms with Gasteiger partial charge in [0.15, 0.2) is 0 Å². The van der Waals surface area contributed by atoms with Crippen LogP contribution < -0.4 is 10.7 Å². The van der Waals surface area contributed by atoms with Gasteiger partial charge in [0.05, 0.1) is 6.21 Å². The molecule has 24 heavy (non-hydrogen) atoms. The minimum absolute atomic E-state index is 0.0778. The van der Waals surface area contributed by atoms with E-state index < -0.39 is 11.9 Å². The number of hydrazone groups is 1. The van der Waals surface area contributed by atoms with Gasteiger partial charge in [-0.3, -0.25) is 9.59 Å². The standard InChI is InChI=1S/C17H17N3O4/c1-11(19-17(24)12-5-3-2-4-6-12)16(23)20-18-10-13-7-8-14(21)9-15(13)22/h2-11,21-22H,1H3,(H,19,24)(H,20,23)/b18-10-/t11-/m0/s1. The van der Waals surface area contributed by atoms with Crippen molar-refractivity contribution in [1.82, 2.24) is 10.7 Å². The first-order chi connectivity index (χ1) is 11.5. The molecule has 0 aliphatic rings. The molecule has 0 aliphatic heterocycles. The second-order valence-corrected chi connectivity index (χ2v) is 5.04. The summed E-state index contributed by atoms with van der Waals surface area (Å²) in [6.07, 6.45) is 1.23. The van der Waals surface area contributed by atoms with Gasteiger partial charge in [0.1, 0.15) is 17.5 Å². The van der Waals surface area contributed by atoms with Crippen LogP contribution in [0.2, 0.25) is 0 Å². The number of amides is 2. The third-order valence-electron chi connectivity index (χ3n) is 3.17. The van der Waals surface area contributed by atoms with Gasteiger partial charge in [0, 0.05) is 17.2 Å². The lowest BCUT2D eigenvalue weighted by molar-refractivity contribution is -0.122. The number of phenolic OH excluding ortho intramolecular Hbond substituents is 2. The van der Waals surface area contributed by atoms with Gasteiger partial charge in [-0.05, 0) is 31.2 Å². The maximum absolute atomic E-state index is 11.9. The fourth-order valence-electron chi connectivity index (χ4n) is 1.84. The first kappa shape index (κ1) is 17.0. The molecule has 0 radical (unpaired) electrons. The van der Waals surface area contributed by atoms with Gasteiger partial charge in [-0.1, -0.05) is 18.2 Å². The molecule has 0 bridgehead atoms. The molecule has 124 valence electrons. The molecule has 0 unspecified atom stereocenters. The van der Waals surface area contributed by atoms with Crippen LogP contribution in [0, 0.1) is 0 Å². The van der Waals surface area contributed by atoms with Gasteiger partial charge in [-0.2, -0.15) is 5.10 Å². The zero-order chi connectivity index (χ0) is 17.5. The molecule has 4 N–H and O–H groups in total. The monoisotopic (exact) mass is 327 g/mol. The minimum Gasteiger partial charge on any atom is -0.508 e. The van der Waals surface area contributed by atoms with Crippen LogP contribution in [0.1, 0.15) is 22.8 Å². The molecule has 0 aromatic heterocycles. The Kier molecular flexibility index (Phi) is 5.51. The summed E-state index contributed by atoms with van der Waals surface area (Å²) in [5.41, 5.74) is 3.05.